The second-order valence-electron chi connectivity index (χ2n) is 7.91. The summed E-state index contributed by atoms with van der Waals surface area (Å²) in [7, 11) is -4.00. The maximum atomic E-state index is 13.8. The fourth-order valence-electron chi connectivity index (χ4n) is 4.11. The van der Waals surface area contributed by atoms with E-state index in [0.29, 0.717) is 12.1 Å². The molecule has 2 N–H and O–H groups in total. The van der Waals surface area contributed by atoms with Crippen LogP contribution in [0.4, 0.5) is 10.1 Å². The third-order valence-electron chi connectivity index (χ3n) is 5.77. The van der Waals surface area contributed by atoms with E-state index in [2.05, 4.69) is 14.7 Å². The predicted octanol–water partition coefficient (Wildman–Crippen LogP) is 4.48. The van der Waals surface area contributed by atoms with Gasteiger partial charge in [0.25, 0.3) is 15.9 Å². The van der Waals surface area contributed by atoms with E-state index < -0.39 is 15.8 Å². The van der Waals surface area contributed by atoms with Crippen LogP contribution in [0.3, 0.4) is 0 Å². The van der Waals surface area contributed by atoms with Gasteiger partial charge >= 0.3 is 0 Å². The monoisotopic (exact) mass is 464 g/mol. The maximum absolute atomic E-state index is 13.8. The predicted molar refractivity (Wildman–Crippen MR) is 123 cm³/mol. The van der Waals surface area contributed by atoms with Gasteiger partial charge < -0.3 is 9.88 Å². The summed E-state index contributed by atoms with van der Waals surface area (Å²) in [5.74, 6) is -0.113. The highest BCUT2D eigenvalue weighted by molar-refractivity contribution is 7.92. The number of para-hydroxylation sites is 3. The maximum Gasteiger partial charge on any atom is 0.261 e. The van der Waals surface area contributed by atoms with Crippen molar-refractivity contribution in [3.8, 4) is 0 Å². The number of hydrogen-bond acceptors (Lipinski definition) is 4. The number of imidazole rings is 1. The van der Waals surface area contributed by atoms with E-state index in [1.54, 1.807) is 4.90 Å². The molecule has 7 nitrogen and oxygen atoms in total. The van der Waals surface area contributed by atoms with Crippen molar-refractivity contribution in [1.82, 2.24) is 14.9 Å². The van der Waals surface area contributed by atoms with E-state index in [9.17, 15) is 17.6 Å². The molecule has 1 fully saturated rings. The van der Waals surface area contributed by atoms with Crippen molar-refractivity contribution in [1.29, 1.82) is 0 Å². The average Bonchev–Trinajstić information content (AvgIpc) is 3.47. The van der Waals surface area contributed by atoms with Crippen LogP contribution >= 0.6 is 0 Å². The number of aromatic nitrogens is 2. The molecule has 1 atom stereocenters. The van der Waals surface area contributed by atoms with Gasteiger partial charge in [-0.15, -0.1) is 0 Å². The number of nitrogens with one attached hydrogen (secondary N) is 2. The van der Waals surface area contributed by atoms with Crippen LogP contribution < -0.4 is 4.72 Å². The molecule has 2 heterocycles. The third-order valence-corrected chi connectivity index (χ3v) is 7.15. The van der Waals surface area contributed by atoms with Crippen LogP contribution in [0.1, 0.15) is 35.1 Å². The van der Waals surface area contributed by atoms with Crippen molar-refractivity contribution in [2.24, 2.45) is 0 Å². The van der Waals surface area contributed by atoms with Crippen LogP contribution in [0, 0.1) is 5.82 Å². The molecule has 0 radical (unpaired) electrons. The number of sulfonamides is 1. The number of fused-ring (bicyclic) bond motifs is 1. The van der Waals surface area contributed by atoms with Crippen molar-refractivity contribution < 1.29 is 17.6 Å². The number of carbonyl (C=O) groups excluding carboxylic acids is 1. The molecule has 4 aromatic rings. The topological polar surface area (TPSA) is 95.2 Å². The summed E-state index contributed by atoms with van der Waals surface area (Å²) < 4.78 is 41.3. The molecule has 0 spiro atoms. The fourth-order valence-corrected chi connectivity index (χ4v) is 5.18. The van der Waals surface area contributed by atoms with Crippen LogP contribution in [-0.2, 0) is 10.0 Å². The molecule has 0 saturated carbocycles. The zero-order chi connectivity index (χ0) is 23.0. The zero-order valence-electron chi connectivity index (χ0n) is 17.5. The van der Waals surface area contributed by atoms with Gasteiger partial charge in [-0.2, -0.15) is 0 Å². The Labute approximate surface area is 190 Å². The Balaban J connectivity index is 1.36. The van der Waals surface area contributed by atoms with Crippen molar-refractivity contribution in [2.75, 3.05) is 11.3 Å². The molecule has 3 aromatic carbocycles. The summed E-state index contributed by atoms with van der Waals surface area (Å²) in [6, 6.07) is 18.7. The van der Waals surface area contributed by atoms with E-state index in [1.165, 1.54) is 48.5 Å². The molecule has 1 aliphatic heterocycles. The Morgan fingerprint density at radius 1 is 1.03 bits per heavy atom. The van der Waals surface area contributed by atoms with E-state index in [0.717, 1.165) is 29.7 Å². The summed E-state index contributed by atoms with van der Waals surface area (Å²) >= 11 is 0. The highest BCUT2D eigenvalue weighted by Gasteiger charge is 2.32. The third kappa shape index (κ3) is 4.07. The lowest BCUT2D eigenvalue weighted by Crippen LogP contribution is -2.31. The molecule has 1 saturated heterocycles. The summed E-state index contributed by atoms with van der Waals surface area (Å²) in [6.07, 6.45) is 1.65. The summed E-state index contributed by atoms with van der Waals surface area (Å²) in [5.41, 5.74) is 2.01. The van der Waals surface area contributed by atoms with Gasteiger partial charge in [0.15, 0.2) is 0 Å². The number of H-pyrrole nitrogens is 1. The molecule has 1 amide bonds. The molecule has 5 rings (SSSR count). The minimum atomic E-state index is -4.00. The fraction of sp³-hybridized carbons (Fsp3) is 0.167. The number of rotatable bonds is 5. The van der Waals surface area contributed by atoms with Gasteiger partial charge in [0.05, 0.1) is 27.7 Å². The van der Waals surface area contributed by atoms with Gasteiger partial charge in [-0.1, -0.05) is 24.3 Å². The quantitative estimate of drug-likeness (QED) is 0.455. The van der Waals surface area contributed by atoms with Crippen LogP contribution in [-0.4, -0.2) is 35.7 Å². The number of halogens is 1. The Morgan fingerprint density at radius 3 is 2.52 bits per heavy atom. The number of hydrogen-bond donors (Lipinski definition) is 2. The molecule has 9 heteroatoms. The first kappa shape index (κ1) is 21.1. The van der Waals surface area contributed by atoms with E-state index in [4.69, 9.17) is 0 Å². The van der Waals surface area contributed by atoms with Gasteiger partial charge in [-0.05, 0) is 61.4 Å². The normalized spacial score (nSPS) is 16.3. The first-order valence-corrected chi connectivity index (χ1v) is 12.0. The SMILES string of the molecule is O=C(c1ccc(S(=O)(=O)Nc2ccccc2F)cc1)N1CCCC1c1nc2ccccc2[nH]1. The lowest BCUT2D eigenvalue weighted by atomic mass is 10.1. The molecule has 0 aliphatic carbocycles. The molecule has 0 bridgehead atoms. The van der Waals surface area contributed by atoms with Crippen LogP contribution in [0.2, 0.25) is 0 Å². The van der Waals surface area contributed by atoms with E-state index >= 15 is 0 Å². The molecule has 1 unspecified atom stereocenters. The standard InChI is InChI=1S/C24H21FN4O3S/c25-18-6-1-2-7-19(18)28-33(31,32)17-13-11-16(12-14-17)24(30)29-15-5-10-22(29)23-26-20-8-3-4-9-21(20)27-23/h1-4,6-9,11-14,22,28H,5,10,15H2,(H,26,27). The first-order valence-electron chi connectivity index (χ1n) is 10.6. The van der Waals surface area contributed by atoms with Crippen molar-refractivity contribution in [3.05, 3.63) is 90.0 Å². The second-order valence-corrected chi connectivity index (χ2v) is 9.59. The summed E-state index contributed by atoms with van der Waals surface area (Å²) in [6.45, 7) is 0.593. The van der Waals surface area contributed by atoms with Gasteiger partial charge in [0, 0.05) is 12.1 Å². The van der Waals surface area contributed by atoms with E-state index in [1.807, 2.05) is 24.3 Å². The highest BCUT2D eigenvalue weighted by atomic mass is 32.2. The molecule has 1 aromatic heterocycles. The number of aromatic amines is 1. The number of amides is 1. The minimum Gasteiger partial charge on any atom is -0.340 e. The van der Waals surface area contributed by atoms with E-state index in [-0.39, 0.29) is 22.5 Å². The average molecular weight is 465 g/mol. The number of carbonyl (C=O) groups is 1. The van der Waals surface area contributed by atoms with Gasteiger partial charge in [0.2, 0.25) is 0 Å². The molecular formula is C24H21FN4O3S. The van der Waals surface area contributed by atoms with Crippen molar-refractivity contribution in [3.63, 3.8) is 0 Å². The highest BCUT2D eigenvalue weighted by Crippen LogP contribution is 2.33. The number of likely N-dealkylation sites (tertiary alicyclic amines) is 1. The number of nitrogens with zero attached hydrogens (tertiary/aromatic N) is 2. The Hall–Kier alpha value is -3.72. The first-order chi connectivity index (χ1) is 15.9. The summed E-state index contributed by atoms with van der Waals surface area (Å²) in [4.78, 5) is 22.9. The van der Waals surface area contributed by atoms with Gasteiger partial charge in [-0.25, -0.2) is 17.8 Å². The van der Waals surface area contributed by atoms with Gasteiger partial charge in [0.1, 0.15) is 11.6 Å². The van der Waals surface area contributed by atoms with Gasteiger partial charge in [-0.3, -0.25) is 9.52 Å². The van der Waals surface area contributed by atoms with Crippen molar-refractivity contribution in [2.45, 2.75) is 23.8 Å². The molecule has 1 aliphatic rings. The Kier molecular flexibility index (Phi) is 5.33. The second kappa shape index (κ2) is 8.32. The Bertz CT molecular complexity index is 1400. The lowest BCUT2D eigenvalue weighted by molar-refractivity contribution is 0.0730. The lowest BCUT2D eigenvalue weighted by Gasteiger charge is -2.23. The number of anilines is 1. The smallest absolute Gasteiger partial charge is 0.261 e. The Morgan fingerprint density at radius 2 is 1.76 bits per heavy atom. The van der Waals surface area contributed by atoms with Crippen LogP contribution in [0.15, 0.2) is 77.7 Å². The van der Waals surface area contributed by atoms with Crippen molar-refractivity contribution >= 4 is 32.7 Å². The minimum absolute atomic E-state index is 0.0578. The molecule has 33 heavy (non-hydrogen) atoms. The largest absolute Gasteiger partial charge is 0.340 e. The molecular weight excluding hydrogens is 443 g/mol. The van der Waals surface area contributed by atoms with Crippen LogP contribution in [0.5, 0.6) is 0 Å². The van der Waals surface area contributed by atoms with Crippen LogP contribution in [0.25, 0.3) is 11.0 Å². The number of benzene rings is 3. The summed E-state index contributed by atoms with van der Waals surface area (Å²) in [5, 5.41) is 0. The zero-order valence-corrected chi connectivity index (χ0v) is 18.3. The molecule has 168 valence electrons.